The summed E-state index contributed by atoms with van der Waals surface area (Å²) in [6, 6.07) is 9.60. The highest BCUT2D eigenvalue weighted by Gasteiger charge is 2.24. The lowest BCUT2D eigenvalue weighted by Crippen LogP contribution is -2.37. The van der Waals surface area contributed by atoms with Crippen LogP contribution in [0.4, 0.5) is 0 Å². The molecule has 0 bridgehead atoms. The minimum atomic E-state index is 0.109. The molecule has 0 atom stereocenters. The molecule has 1 saturated heterocycles. The van der Waals surface area contributed by atoms with Crippen molar-refractivity contribution in [1.82, 2.24) is 4.90 Å². The van der Waals surface area contributed by atoms with Crippen LogP contribution in [0.5, 0.6) is 5.75 Å². The van der Waals surface area contributed by atoms with Crippen molar-refractivity contribution in [3.8, 4) is 5.75 Å². The van der Waals surface area contributed by atoms with Gasteiger partial charge in [-0.15, -0.1) is 0 Å². The number of nitrogens with zero attached hydrogens (tertiary/aromatic N) is 1. The summed E-state index contributed by atoms with van der Waals surface area (Å²) in [5.41, 5.74) is 2.14. The molecule has 1 aromatic heterocycles. The molecule has 0 unspecified atom stereocenters. The average Bonchev–Trinajstić information content (AvgIpc) is 3.09. The third kappa shape index (κ3) is 3.10. The SMILES string of the molecule is COc1cccc(C(=O)N2CCC(c3ccsc3)CC2)c1. The molecule has 0 spiro atoms. The number of ether oxygens (including phenoxy) is 1. The number of carbonyl (C=O) groups is 1. The van der Waals surface area contributed by atoms with E-state index >= 15 is 0 Å². The molecule has 3 nitrogen and oxygen atoms in total. The molecular weight excluding hydrogens is 282 g/mol. The van der Waals surface area contributed by atoms with Gasteiger partial charge < -0.3 is 9.64 Å². The Bertz CT molecular complexity index is 601. The first-order chi connectivity index (χ1) is 10.3. The van der Waals surface area contributed by atoms with Crippen LogP contribution in [-0.2, 0) is 0 Å². The van der Waals surface area contributed by atoms with E-state index in [9.17, 15) is 4.79 Å². The van der Waals surface area contributed by atoms with E-state index in [4.69, 9.17) is 4.74 Å². The second-order valence-corrected chi connectivity index (χ2v) is 6.14. The molecular formula is C17H19NO2S. The van der Waals surface area contributed by atoms with Gasteiger partial charge in [-0.05, 0) is 59.3 Å². The molecule has 4 heteroatoms. The summed E-state index contributed by atoms with van der Waals surface area (Å²) >= 11 is 1.75. The van der Waals surface area contributed by atoms with E-state index in [1.807, 2.05) is 29.2 Å². The van der Waals surface area contributed by atoms with Crippen molar-refractivity contribution in [2.75, 3.05) is 20.2 Å². The average molecular weight is 301 g/mol. The van der Waals surface area contributed by atoms with E-state index < -0.39 is 0 Å². The summed E-state index contributed by atoms with van der Waals surface area (Å²) in [6.45, 7) is 1.66. The van der Waals surface area contributed by atoms with E-state index in [2.05, 4.69) is 16.8 Å². The van der Waals surface area contributed by atoms with E-state index in [1.54, 1.807) is 18.4 Å². The maximum atomic E-state index is 12.5. The molecule has 0 aliphatic carbocycles. The maximum absolute atomic E-state index is 12.5. The van der Waals surface area contributed by atoms with Crippen molar-refractivity contribution in [2.45, 2.75) is 18.8 Å². The number of hydrogen-bond acceptors (Lipinski definition) is 3. The Hall–Kier alpha value is -1.81. The summed E-state index contributed by atoms with van der Waals surface area (Å²) in [4.78, 5) is 14.5. The fourth-order valence-corrected chi connectivity index (χ4v) is 3.60. The number of piperidine rings is 1. The topological polar surface area (TPSA) is 29.5 Å². The fourth-order valence-electron chi connectivity index (χ4n) is 2.86. The second-order valence-electron chi connectivity index (χ2n) is 5.36. The first-order valence-corrected chi connectivity index (χ1v) is 8.17. The van der Waals surface area contributed by atoms with Gasteiger partial charge in [-0.2, -0.15) is 11.3 Å². The first kappa shape index (κ1) is 14.1. The number of benzene rings is 1. The normalized spacial score (nSPS) is 16.0. The van der Waals surface area contributed by atoms with E-state index in [0.717, 1.165) is 31.7 Å². The van der Waals surface area contributed by atoms with Crippen LogP contribution in [0.1, 0.15) is 34.7 Å². The summed E-state index contributed by atoms with van der Waals surface area (Å²) < 4.78 is 5.19. The van der Waals surface area contributed by atoms with Gasteiger partial charge >= 0.3 is 0 Å². The smallest absolute Gasteiger partial charge is 0.253 e. The molecule has 0 N–H and O–H groups in total. The summed E-state index contributed by atoms with van der Waals surface area (Å²) in [7, 11) is 1.62. The highest BCUT2D eigenvalue weighted by atomic mass is 32.1. The maximum Gasteiger partial charge on any atom is 0.253 e. The summed E-state index contributed by atoms with van der Waals surface area (Å²) in [5, 5.41) is 4.35. The molecule has 3 rings (SSSR count). The Labute approximate surface area is 129 Å². The van der Waals surface area contributed by atoms with Gasteiger partial charge in [-0.3, -0.25) is 4.79 Å². The second kappa shape index (κ2) is 6.31. The number of thiophene rings is 1. The quantitative estimate of drug-likeness (QED) is 0.863. The minimum Gasteiger partial charge on any atom is -0.497 e. The van der Waals surface area contributed by atoms with Crippen LogP contribution in [0.3, 0.4) is 0 Å². The van der Waals surface area contributed by atoms with E-state index in [1.165, 1.54) is 5.56 Å². The highest BCUT2D eigenvalue weighted by molar-refractivity contribution is 7.07. The molecule has 1 fully saturated rings. The molecule has 2 aromatic rings. The number of hydrogen-bond donors (Lipinski definition) is 0. The predicted molar refractivity (Wildman–Crippen MR) is 85.2 cm³/mol. The lowest BCUT2D eigenvalue weighted by Gasteiger charge is -2.32. The molecule has 1 aliphatic rings. The monoisotopic (exact) mass is 301 g/mol. The van der Waals surface area contributed by atoms with Crippen LogP contribution in [0, 0.1) is 0 Å². The van der Waals surface area contributed by atoms with Gasteiger partial charge in [0.05, 0.1) is 7.11 Å². The number of carbonyl (C=O) groups excluding carboxylic acids is 1. The van der Waals surface area contributed by atoms with Crippen LogP contribution in [0.25, 0.3) is 0 Å². The van der Waals surface area contributed by atoms with Crippen LogP contribution in [-0.4, -0.2) is 31.0 Å². The lowest BCUT2D eigenvalue weighted by atomic mass is 9.91. The molecule has 1 amide bonds. The zero-order chi connectivity index (χ0) is 14.7. The van der Waals surface area contributed by atoms with Gasteiger partial charge in [0.15, 0.2) is 0 Å². The largest absolute Gasteiger partial charge is 0.497 e. The predicted octanol–water partition coefficient (Wildman–Crippen LogP) is 3.78. The van der Waals surface area contributed by atoms with Crippen molar-refractivity contribution in [1.29, 1.82) is 0 Å². The van der Waals surface area contributed by atoms with E-state index in [-0.39, 0.29) is 5.91 Å². The zero-order valence-corrected chi connectivity index (χ0v) is 12.9. The van der Waals surface area contributed by atoms with Crippen molar-refractivity contribution < 1.29 is 9.53 Å². The highest BCUT2D eigenvalue weighted by Crippen LogP contribution is 2.30. The molecule has 110 valence electrons. The van der Waals surface area contributed by atoms with Gasteiger partial charge in [-0.1, -0.05) is 6.07 Å². The third-order valence-electron chi connectivity index (χ3n) is 4.11. The van der Waals surface area contributed by atoms with E-state index in [0.29, 0.717) is 11.5 Å². The lowest BCUT2D eigenvalue weighted by molar-refractivity contribution is 0.0712. The van der Waals surface area contributed by atoms with Gasteiger partial charge in [0.1, 0.15) is 5.75 Å². The number of amides is 1. The van der Waals surface area contributed by atoms with Crippen LogP contribution < -0.4 is 4.74 Å². The van der Waals surface area contributed by atoms with Gasteiger partial charge in [0.2, 0.25) is 0 Å². The fraction of sp³-hybridized carbons (Fsp3) is 0.353. The first-order valence-electron chi connectivity index (χ1n) is 7.23. The number of methoxy groups -OCH3 is 1. The molecule has 21 heavy (non-hydrogen) atoms. The molecule has 1 aromatic carbocycles. The van der Waals surface area contributed by atoms with Crippen molar-refractivity contribution in [3.63, 3.8) is 0 Å². The molecule has 1 aliphatic heterocycles. The van der Waals surface area contributed by atoms with Crippen LogP contribution in [0.15, 0.2) is 41.1 Å². The standard InChI is InChI=1S/C17H19NO2S/c1-20-16-4-2-3-14(11-16)17(19)18-8-5-13(6-9-18)15-7-10-21-12-15/h2-4,7,10-13H,5-6,8-9H2,1H3. The molecule has 0 radical (unpaired) electrons. The van der Waals surface area contributed by atoms with Gasteiger partial charge in [-0.25, -0.2) is 0 Å². The third-order valence-corrected chi connectivity index (χ3v) is 4.81. The van der Waals surface area contributed by atoms with Gasteiger partial charge in [0, 0.05) is 18.7 Å². The number of likely N-dealkylation sites (tertiary alicyclic amines) is 1. The van der Waals surface area contributed by atoms with Crippen LogP contribution >= 0.6 is 11.3 Å². The minimum absolute atomic E-state index is 0.109. The number of rotatable bonds is 3. The molecule has 2 heterocycles. The van der Waals surface area contributed by atoms with Crippen molar-refractivity contribution in [2.24, 2.45) is 0 Å². The zero-order valence-electron chi connectivity index (χ0n) is 12.1. The van der Waals surface area contributed by atoms with Crippen molar-refractivity contribution >= 4 is 17.2 Å². The summed E-state index contributed by atoms with van der Waals surface area (Å²) in [5.74, 6) is 1.44. The Morgan fingerprint density at radius 2 is 2.10 bits per heavy atom. The summed E-state index contributed by atoms with van der Waals surface area (Å²) in [6.07, 6.45) is 2.10. The molecule has 0 saturated carbocycles. The van der Waals surface area contributed by atoms with Crippen LogP contribution in [0.2, 0.25) is 0 Å². The Kier molecular flexibility index (Phi) is 4.25. The van der Waals surface area contributed by atoms with Gasteiger partial charge in [0.25, 0.3) is 5.91 Å². The Balaban J connectivity index is 1.64. The Morgan fingerprint density at radius 3 is 2.76 bits per heavy atom. The van der Waals surface area contributed by atoms with Crippen molar-refractivity contribution in [3.05, 3.63) is 52.2 Å². The Morgan fingerprint density at radius 1 is 1.29 bits per heavy atom.